The van der Waals surface area contributed by atoms with Crippen molar-refractivity contribution in [3.05, 3.63) is 65.5 Å². The summed E-state index contributed by atoms with van der Waals surface area (Å²) in [7, 11) is 3.47. The van der Waals surface area contributed by atoms with Crippen LogP contribution < -0.4 is 10.1 Å². The zero-order valence-corrected chi connectivity index (χ0v) is 14.3. The van der Waals surface area contributed by atoms with Gasteiger partial charge >= 0.3 is 0 Å². The fourth-order valence-electron chi connectivity index (χ4n) is 2.34. The molecular weight excluding hydrogens is 307 g/mol. The quantitative estimate of drug-likeness (QED) is 0.849. The van der Waals surface area contributed by atoms with Gasteiger partial charge in [-0.1, -0.05) is 24.3 Å². The monoisotopic (exact) mass is 330 g/mol. The Labute approximate surface area is 142 Å². The zero-order valence-electron chi connectivity index (χ0n) is 14.3. The molecule has 2 aromatic carbocycles. The molecule has 1 atom stereocenters. The second kappa shape index (κ2) is 8.45. The van der Waals surface area contributed by atoms with Crippen molar-refractivity contribution in [1.29, 1.82) is 0 Å². The van der Waals surface area contributed by atoms with E-state index in [0.717, 1.165) is 16.9 Å². The Morgan fingerprint density at radius 2 is 1.92 bits per heavy atom. The van der Waals surface area contributed by atoms with Gasteiger partial charge in [-0.2, -0.15) is 0 Å². The maximum absolute atomic E-state index is 13.2. The molecule has 0 spiro atoms. The normalized spacial score (nSPS) is 12.0. The molecule has 0 bridgehead atoms. The average Bonchev–Trinajstić information content (AvgIpc) is 2.59. The topological polar surface area (TPSA) is 41.6 Å². The van der Waals surface area contributed by atoms with Crippen molar-refractivity contribution < 1.29 is 13.9 Å². The molecule has 0 saturated heterocycles. The highest BCUT2D eigenvalue weighted by Crippen LogP contribution is 2.12. The number of carbonyl (C=O) groups excluding carboxylic acids is 1. The molecule has 0 aromatic heterocycles. The van der Waals surface area contributed by atoms with Gasteiger partial charge in [0.2, 0.25) is 5.91 Å². The smallest absolute Gasteiger partial charge is 0.237 e. The molecule has 128 valence electrons. The highest BCUT2D eigenvalue weighted by Gasteiger charge is 2.18. The average molecular weight is 330 g/mol. The Kier molecular flexibility index (Phi) is 6.32. The van der Waals surface area contributed by atoms with Gasteiger partial charge in [-0.25, -0.2) is 4.39 Å². The largest absolute Gasteiger partial charge is 0.497 e. The summed E-state index contributed by atoms with van der Waals surface area (Å²) in [5.41, 5.74) is 1.84. The van der Waals surface area contributed by atoms with E-state index in [2.05, 4.69) is 5.32 Å². The van der Waals surface area contributed by atoms with Gasteiger partial charge in [0.25, 0.3) is 0 Å². The van der Waals surface area contributed by atoms with Gasteiger partial charge in [0.15, 0.2) is 0 Å². The minimum atomic E-state index is -0.313. The first-order valence-electron chi connectivity index (χ1n) is 7.85. The molecule has 24 heavy (non-hydrogen) atoms. The first-order chi connectivity index (χ1) is 11.5. The van der Waals surface area contributed by atoms with Gasteiger partial charge < -0.3 is 10.1 Å². The Balaban J connectivity index is 1.86. The third kappa shape index (κ3) is 5.06. The molecule has 1 N–H and O–H groups in total. The summed E-state index contributed by atoms with van der Waals surface area (Å²) in [6, 6.07) is 13.7. The van der Waals surface area contributed by atoms with Crippen molar-refractivity contribution in [3.63, 3.8) is 0 Å². The number of nitrogens with zero attached hydrogens (tertiary/aromatic N) is 1. The number of ether oxygens (including phenoxy) is 1. The van der Waals surface area contributed by atoms with Crippen molar-refractivity contribution >= 4 is 5.91 Å². The Morgan fingerprint density at radius 3 is 2.54 bits per heavy atom. The molecule has 2 rings (SSSR count). The van der Waals surface area contributed by atoms with Gasteiger partial charge in [-0.15, -0.1) is 0 Å². The molecular formula is C19H23FN2O2. The van der Waals surface area contributed by atoms with E-state index in [9.17, 15) is 9.18 Å². The first-order valence-corrected chi connectivity index (χ1v) is 7.85. The van der Waals surface area contributed by atoms with E-state index >= 15 is 0 Å². The van der Waals surface area contributed by atoms with Crippen LogP contribution in [0.2, 0.25) is 0 Å². The lowest BCUT2D eigenvalue weighted by Gasteiger charge is -2.24. The Bertz CT molecular complexity index is 673. The van der Waals surface area contributed by atoms with Crippen LogP contribution in [0.5, 0.6) is 5.75 Å². The van der Waals surface area contributed by atoms with E-state index in [-0.39, 0.29) is 17.8 Å². The van der Waals surface area contributed by atoms with Crippen molar-refractivity contribution in [1.82, 2.24) is 10.2 Å². The predicted octanol–water partition coefficient (Wildman–Crippen LogP) is 2.97. The molecule has 0 saturated carbocycles. The molecule has 2 aromatic rings. The van der Waals surface area contributed by atoms with Crippen LogP contribution in [-0.2, 0) is 17.9 Å². The van der Waals surface area contributed by atoms with Crippen LogP contribution in [0, 0.1) is 5.82 Å². The molecule has 4 nitrogen and oxygen atoms in total. The lowest BCUT2D eigenvalue weighted by molar-refractivity contribution is -0.125. The summed E-state index contributed by atoms with van der Waals surface area (Å²) >= 11 is 0. The molecule has 1 amide bonds. The predicted molar refractivity (Wildman–Crippen MR) is 92.2 cm³/mol. The summed E-state index contributed by atoms with van der Waals surface area (Å²) in [5, 5.41) is 2.92. The van der Waals surface area contributed by atoms with Crippen molar-refractivity contribution in [2.45, 2.75) is 26.1 Å². The molecule has 0 unspecified atom stereocenters. The van der Waals surface area contributed by atoms with E-state index < -0.39 is 0 Å². The molecule has 0 heterocycles. The maximum Gasteiger partial charge on any atom is 0.237 e. The lowest BCUT2D eigenvalue weighted by atomic mass is 10.1. The number of halogens is 1. The van der Waals surface area contributed by atoms with Crippen LogP contribution in [0.25, 0.3) is 0 Å². The number of amides is 1. The van der Waals surface area contributed by atoms with E-state index in [0.29, 0.717) is 13.1 Å². The molecule has 0 aliphatic heterocycles. The standard InChI is InChI=1S/C19H23FN2O2/c1-14(22(2)13-16-5-4-6-17(20)11-16)19(23)21-12-15-7-9-18(24-3)10-8-15/h4-11,14H,12-13H2,1-3H3,(H,21,23)/t14-/m0/s1. The number of hydrogen-bond acceptors (Lipinski definition) is 3. The number of benzene rings is 2. The van der Waals surface area contributed by atoms with Crippen LogP contribution >= 0.6 is 0 Å². The number of hydrogen-bond donors (Lipinski definition) is 1. The third-order valence-corrected chi connectivity index (χ3v) is 3.99. The SMILES string of the molecule is COc1ccc(CNC(=O)[C@H](C)N(C)Cc2cccc(F)c2)cc1. The van der Waals surface area contributed by atoms with Crippen LogP contribution in [0.4, 0.5) is 4.39 Å². The summed E-state index contributed by atoms with van der Waals surface area (Å²) in [6.07, 6.45) is 0. The number of methoxy groups -OCH3 is 1. The third-order valence-electron chi connectivity index (χ3n) is 3.99. The zero-order chi connectivity index (χ0) is 17.5. The van der Waals surface area contributed by atoms with Gasteiger partial charge in [-0.3, -0.25) is 9.69 Å². The summed E-state index contributed by atoms with van der Waals surface area (Å²) in [6.45, 7) is 2.80. The highest BCUT2D eigenvalue weighted by molar-refractivity contribution is 5.81. The molecule has 0 radical (unpaired) electrons. The van der Waals surface area contributed by atoms with Crippen LogP contribution in [0.1, 0.15) is 18.1 Å². The van der Waals surface area contributed by atoms with Crippen molar-refractivity contribution in [2.75, 3.05) is 14.2 Å². The van der Waals surface area contributed by atoms with Crippen LogP contribution in [0.15, 0.2) is 48.5 Å². The second-order valence-electron chi connectivity index (χ2n) is 5.79. The summed E-state index contributed by atoms with van der Waals surface area (Å²) < 4.78 is 18.3. The fraction of sp³-hybridized carbons (Fsp3) is 0.316. The van der Waals surface area contributed by atoms with Crippen LogP contribution in [0.3, 0.4) is 0 Å². The molecule has 0 fully saturated rings. The van der Waals surface area contributed by atoms with Crippen LogP contribution in [-0.4, -0.2) is 31.0 Å². The second-order valence-corrected chi connectivity index (χ2v) is 5.79. The van der Waals surface area contributed by atoms with E-state index in [4.69, 9.17) is 4.74 Å². The van der Waals surface area contributed by atoms with Crippen molar-refractivity contribution in [2.24, 2.45) is 0 Å². The lowest BCUT2D eigenvalue weighted by Crippen LogP contribution is -2.42. The van der Waals surface area contributed by atoms with Gasteiger partial charge in [0, 0.05) is 13.1 Å². The Morgan fingerprint density at radius 1 is 1.21 bits per heavy atom. The number of rotatable bonds is 7. The highest BCUT2D eigenvalue weighted by atomic mass is 19.1. The molecule has 0 aliphatic carbocycles. The summed E-state index contributed by atoms with van der Waals surface area (Å²) in [4.78, 5) is 14.2. The number of carbonyl (C=O) groups is 1. The van der Waals surface area contributed by atoms with Gasteiger partial charge in [0.05, 0.1) is 13.2 Å². The van der Waals surface area contributed by atoms with Gasteiger partial charge in [-0.05, 0) is 49.4 Å². The first kappa shape index (κ1) is 17.9. The minimum absolute atomic E-state index is 0.0651. The van der Waals surface area contributed by atoms with E-state index in [1.54, 1.807) is 13.2 Å². The molecule has 5 heteroatoms. The van der Waals surface area contributed by atoms with E-state index in [1.165, 1.54) is 12.1 Å². The minimum Gasteiger partial charge on any atom is -0.497 e. The fourth-order valence-corrected chi connectivity index (χ4v) is 2.34. The van der Waals surface area contributed by atoms with E-state index in [1.807, 2.05) is 49.2 Å². The number of likely N-dealkylation sites (N-methyl/N-ethyl adjacent to an activating group) is 1. The van der Waals surface area contributed by atoms with Crippen molar-refractivity contribution in [3.8, 4) is 5.75 Å². The number of nitrogens with one attached hydrogen (secondary N) is 1. The van der Waals surface area contributed by atoms with Gasteiger partial charge in [0.1, 0.15) is 11.6 Å². The Hall–Kier alpha value is -2.40. The summed E-state index contributed by atoms with van der Waals surface area (Å²) in [5.74, 6) is 0.454. The molecule has 0 aliphatic rings. The maximum atomic E-state index is 13.2.